The fourth-order valence-corrected chi connectivity index (χ4v) is 3.46. The van der Waals surface area contributed by atoms with Gasteiger partial charge in [-0.2, -0.15) is 0 Å². The summed E-state index contributed by atoms with van der Waals surface area (Å²) in [7, 11) is 0. The molecule has 1 saturated carbocycles. The Morgan fingerprint density at radius 2 is 1.67 bits per heavy atom. The molecule has 0 amide bonds. The van der Waals surface area contributed by atoms with E-state index in [0.717, 1.165) is 12.0 Å². The van der Waals surface area contributed by atoms with E-state index in [1.54, 1.807) is 0 Å². The van der Waals surface area contributed by atoms with Crippen molar-refractivity contribution in [1.82, 2.24) is 15.2 Å². The van der Waals surface area contributed by atoms with Crippen molar-refractivity contribution >= 4 is 0 Å². The van der Waals surface area contributed by atoms with Crippen LogP contribution in [0, 0.1) is 0 Å². The monoisotopic (exact) mass is 245 g/mol. The van der Waals surface area contributed by atoms with Gasteiger partial charge >= 0.3 is 0 Å². The second-order valence-corrected chi connectivity index (χ2v) is 5.57. The smallest absolute Gasteiger partial charge is 0.0270 e. The summed E-state index contributed by atoms with van der Waals surface area (Å²) >= 11 is 0. The number of aromatic nitrogens is 1. The van der Waals surface area contributed by atoms with Crippen molar-refractivity contribution in [3.05, 3.63) is 30.1 Å². The zero-order chi connectivity index (χ0) is 12.2. The Morgan fingerprint density at radius 1 is 1.00 bits per heavy atom. The molecule has 2 fully saturated rings. The zero-order valence-corrected chi connectivity index (χ0v) is 11.0. The second-order valence-electron chi connectivity index (χ2n) is 5.57. The normalized spacial score (nSPS) is 30.2. The van der Waals surface area contributed by atoms with Crippen LogP contribution in [0.25, 0.3) is 0 Å². The molecule has 0 atom stereocenters. The Hall–Kier alpha value is -0.930. The minimum Gasteiger partial charge on any atom is -0.314 e. The van der Waals surface area contributed by atoms with Gasteiger partial charge in [-0.3, -0.25) is 9.88 Å². The average molecular weight is 245 g/mol. The van der Waals surface area contributed by atoms with Gasteiger partial charge in [0.05, 0.1) is 0 Å². The van der Waals surface area contributed by atoms with Gasteiger partial charge in [-0.1, -0.05) is 0 Å². The van der Waals surface area contributed by atoms with Gasteiger partial charge in [-0.25, -0.2) is 0 Å². The van der Waals surface area contributed by atoms with Crippen molar-refractivity contribution in [3.63, 3.8) is 0 Å². The van der Waals surface area contributed by atoms with Crippen LogP contribution >= 0.6 is 0 Å². The average Bonchev–Trinajstić information content (AvgIpc) is 2.49. The van der Waals surface area contributed by atoms with Crippen LogP contribution in [-0.2, 0) is 0 Å². The molecule has 0 bridgehead atoms. The Morgan fingerprint density at radius 3 is 2.33 bits per heavy atom. The van der Waals surface area contributed by atoms with E-state index in [2.05, 4.69) is 27.3 Å². The van der Waals surface area contributed by atoms with Crippen LogP contribution in [0.3, 0.4) is 0 Å². The molecule has 3 rings (SSSR count). The first-order valence-corrected chi connectivity index (χ1v) is 7.28. The predicted molar refractivity (Wildman–Crippen MR) is 73.7 cm³/mol. The third-order valence-corrected chi connectivity index (χ3v) is 4.54. The van der Waals surface area contributed by atoms with Crippen molar-refractivity contribution in [2.24, 2.45) is 0 Å². The summed E-state index contributed by atoms with van der Waals surface area (Å²) in [5.74, 6) is 0.771. The number of hydrogen-bond acceptors (Lipinski definition) is 3. The molecular weight excluding hydrogens is 222 g/mol. The Kier molecular flexibility index (Phi) is 3.91. The van der Waals surface area contributed by atoms with Gasteiger partial charge in [0.2, 0.25) is 0 Å². The van der Waals surface area contributed by atoms with Crippen molar-refractivity contribution in [2.75, 3.05) is 26.2 Å². The van der Waals surface area contributed by atoms with E-state index in [1.165, 1.54) is 57.4 Å². The summed E-state index contributed by atoms with van der Waals surface area (Å²) in [6.07, 6.45) is 9.28. The quantitative estimate of drug-likeness (QED) is 0.864. The summed E-state index contributed by atoms with van der Waals surface area (Å²) < 4.78 is 0. The van der Waals surface area contributed by atoms with Crippen molar-refractivity contribution in [2.45, 2.75) is 37.6 Å². The molecule has 0 radical (unpaired) electrons. The predicted octanol–water partition coefficient (Wildman–Crippen LogP) is 2.01. The summed E-state index contributed by atoms with van der Waals surface area (Å²) in [6.45, 7) is 4.82. The molecule has 3 heteroatoms. The first kappa shape index (κ1) is 12.1. The van der Waals surface area contributed by atoms with Gasteiger partial charge in [0, 0.05) is 44.6 Å². The largest absolute Gasteiger partial charge is 0.314 e. The topological polar surface area (TPSA) is 28.2 Å². The van der Waals surface area contributed by atoms with Gasteiger partial charge in [0.15, 0.2) is 0 Å². The fraction of sp³-hybridized carbons (Fsp3) is 0.667. The van der Waals surface area contributed by atoms with Gasteiger partial charge in [-0.05, 0) is 49.3 Å². The lowest BCUT2D eigenvalue weighted by atomic mass is 9.81. The van der Waals surface area contributed by atoms with Gasteiger partial charge < -0.3 is 5.32 Å². The van der Waals surface area contributed by atoms with Gasteiger partial charge in [0.25, 0.3) is 0 Å². The van der Waals surface area contributed by atoms with Crippen molar-refractivity contribution in [3.8, 4) is 0 Å². The van der Waals surface area contributed by atoms with E-state index in [9.17, 15) is 0 Å². The third kappa shape index (κ3) is 2.73. The maximum atomic E-state index is 4.11. The molecule has 1 aromatic rings. The van der Waals surface area contributed by atoms with E-state index in [4.69, 9.17) is 0 Å². The SMILES string of the molecule is c1cc(C2CCC(N3CCNCC3)CC2)ccn1. The highest BCUT2D eigenvalue weighted by Gasteiger charge is 2.27. The highest BCUT2D eigenvalue weighted by atomic mass is 15.2. The molecular formula is C15H23N3. The van der Waals surface area contributed by atoms with Crippen LogP contribution in [-0.4, -0.2) is 42.1 Å². The van der Waals surface area contributed by atoms with Crippen LogP contribution in [0.2, 0.25) is 0 Å². The van der Waals surface area contributed by atoms with Crippen LogP contribution in [0.1, 0.15) is 37.2 Å². The summed E-state index contributed by atoms with van der Waals surface area (Å²) in [4.78, 5) is 6.81. The summed E-state index contributed by atoms with van der Waals surface area (Å²) in [6, 6.07) is 5.22. The number of nitrogens with one attached hydrogen (secondary N) is 1. The molecule has 1 saturated heterocycles. The molecule has 2 heterocycles. The van der Waals surface area contributed by atoms with Crippen LogP contribution in [0.5, 0.6) is 0 Å². The minimum absolute atomic E-state index is 0.771. The number of rotatable bonds is 2. The van der Waals surface area contributed by atoms with E-state index in [0.29, 0.717) is 0 Å². The van der Waals surface area contributed by atoms with E-state index < -0.39 is 0 Å². The first-order valence-electron chi connectivity index (χ1n) is 7.28. The van der Waals surface area contributed by atoms with Gasteiger partial charge in [-0.15, -0.1) is 0 Å². The summed E-state index contributed by atoms with van der Waals surface area (Å²) in [5.41, 5.74) is 1.49. The van der Waals surface area contributed by atoms with E-state index >= 15 is 0 Å². The molecule has 1 aliphatic carbocycles. The molecule has 0 spiro atoms. The Balaban J connectivity index is 1.54. The van der Waals surface area contributed by atoms with Crippen molar-refractivity contribution in [1.29, 1.82) is 0 Å². The highest BCUT2D eigenvalue weighted by Crippen LogP contribution is 2.34. The number of pyridine rings is 1. The highest BCUT2D eigenvalue weighted by molar-refractivity contribution is 5.16. The molecule has 18 heavy (non-hydrogen) atoms. The number of nitrogens with zero attached hydrogens (tertiary/aromatic N) is 2. The first-order chi connectivity index (χ1) is 8.93. The third-order valence-electron chi connectivity index (χ3n) is 4.54. The molecule has 0 aromatic carbocycles. The Labute approximate surface area is 110 Å². The number of hydrogen-bond donors (Lipinski definition) is 1. The number of piperazine rings is 1. The summed E-state index contributed by atoms with van der Waals surface area (Å²) in [5, 5.41) is 3.44. The lowest BCUT2D eigenvalue weighted by Crippen LogP contribution is -2.49. The lowest BCUT2D eigenvalue weighted by molar-refractivity contribution is 0.133. The second kappa shape index (κ2) is 5.81. The fourth-order valence-electron chi connectivity index (χ4n) is 3.46. The molecule has 98 valence electrons. The van der Waals surface area contributed by atoms with E-state index in [1.807, 2.05) is 12.4 Å². The van der Waals surface area contributed by atoms with Gasteiger partial charge in [0.1, 0.15) is 0 Å². The zero-order valence-electron chi connectivity index (χ0n) is 11.0. The maximum absolute atomic E-state index is 4.11. The standard InChI is InChI=1S/C15H23N3/c1-3-15(18-11-9-17-10-12-18)4-2-13(1)14-5-7-16-8-6-14/h5-8,13,15,17H,1-4,9-12H2. The van der Waals surface area contributed by atoms with Crippen molar-refractivity contribution < 1.29 is 0 Å². The maximum Gasteiger partial charge on any atom is 0.0270 e. The molecule has 1 aliphatic heterocycles. The molecule has 3 nitrogen and oxygen atoms in total. The van der Waals surface area contributed by atoms with Crippen LogP contribution in [0.4, 0.5) is 0 Å². The van der Waals surface area contributed by atoms with Crippen LogP contribution < -0.4 is 5.32 Å². The Bertz CT molecular complexity index is 351. The molecule has 2 aliphatic rings. The van der Waals surface area contributed by atoms with E-state index in [-0.39, 0.29) is 0 Å². The van der Waals surface area contributed by atoms with Crippen LogP contribution in [0.15, 0.2) is 24.5 Å². The minimum atomic E-state index is 0.771. The molecule has 1 aromatic heterocycles. The lowest BCUT2D eigenvalue weighted by Gasteiger charge is -2.39. The molecule has 1 N–H and O–H groups in total. The molecule has 0 unspecified atom stereocenters.